The third-order valence-electron chi connectivity index (χ3n) is 2.51. The molecular weight excluding hydrogens is 337 g/mol. The molecule has 1 nitrogen and oxygen atoms in total. The number of halogens is 3. The Hall–Kier alpha value is -0.420. The molecule has 0 spiro atoms. The van der Waals surface area contributed by atoms with Gasteiger partial charge in [0, 0.05) is 22.4 Å². The van der Waals surface area contributed by atoms with Gasteiger partial charge in [-0.15, -0.1) is 11.3 Å². The smallest absolute Gasteiger partial charge is 0.124 e. The van der Waals surface area contributed by atoms with Gasteiger partial charge < -0.3 is 0 Å². The number of hydrogen-bond donors (Lipinski definition) is 0. The minimum absolute atomic E-state index is 0.224. The molecule has 5 heteroatoms. The fourth-order valence-electron chi connectivity index (χ4n) is 1.70. The van der Waals surface area contributed by atoms with Crippen LogP contribution in [0.4, 0.5) is 4.39 Å². The summed E-state index contributed by atoms with van der Waals surface area (Å²) in [5, 5.41) is 0. The minimum Gasteiger partial charge on any atom is -0.297 e. The van der Waals surface area contributed by atoms with Crippen LogP contribution in [0.2, 0.25) is 4.34 Å². The van der Waals surface area contributed by atoms with E-state index >= 15 is 0 Å². The van der Waals surface area contributed by atoms with Crippen LogP contribution in [-0.2, 0) is 13.1 Å². The Morgan fingerprint density at radius 3 is 2.67 bits per heavy atom. The molecule has 2 rings (SSSR count). The van der Waals surface area contributed by atoms with Crippen molar-refractivity contribution in [1.82, 2.24) is 4.90 Å². The van der Waals surface area contributed by atoms with Crippen molar-refractivity contribution in [2.45, 2.75) is 13.1 Å². The van der Waals surface area contributed by atoms with Crippen LogP contribution in [0.5, 0.6) is 0 Å². The van der Waals surface area contributed by atoms with Gasteiger partial charge in [0.25, 0.3) is 0 Å². The molecule has 0 amide bonds. The summed E-state index contributed by atoms with van der Waals surface area (Å²) in [6, 6.07) is 8.71. The Morgan fingerprint density at radius 1 is 1.28 bits per heavy atom. The molecule has 1 aromatic carbocycles. The normalized spacial score (nSPS) is 11.2. The number of nitrogens with zero attached hydrogens (tertiary/aromatic N) is 1. The van der Waals surface area contributed by atoms with Crippen LogP contribution in [0.1, 0.15) is 10.4 Å². The molecule has 0 bridgehead atoms. The lowest BCUT2D eigenvalue weighted by Gasteiger charge is -2.16. The maximum absolute atomic E-state index is 13.0. The summed E-state index contributed by atoms with van der Waals surface area (Å²) in [5.74, 6) is -0.224. The predicted octanol–water partition coefficient (Wildman–Crippen LogP) is 4.94. The van der Waals surface area contributed by atoms with E-state index in [9.17, 15) is 4.39 Å². The highest BCUT2D eigenvalue weighted by Crippen LogP contribution is 2.24. The van der Waals surface area contributed by atoms with Gasteiger partial charge in [-0.05, 0) is 36.9 Å². The van der Waals surface area contributed by atoms with Crippen molar-refractivity contribution >= 4 is 38.9 Å². The first-order valence-electron chi connectivity index (χ1n) is 5.41. The largest absolute Gasteiger partial charge is 0.297 e. The average molecular weight is 349 g/mol. The minimum atomic E-state index is -0.224. The molecule has 0 saturated carbocycles. The highest BCUT2D eigenvalue weighted by molar-refractivity contribution is 9.10. The second-order valence-corrected chi connectivity index (χ2v) is 6.77. The third-order valence-corrected chi connectivity index (χ3v) is 4.46. The molecule has 1 heterocycles. The first-order valence-corrected chi connectivity index (χ1v) is 7.40. The zero-order valence-corrected chi connectivity index (χ0v) is 12.9. The highest BCUT2D eigenvalue weighted by Gasteiger charge is 2.07. The molecule has 0 N–H and O–H groups in total. The average Bonchev–Trinajstić information content (AvgIpc) is 2.68. The van der Waals surface area contributed by atoms with Gasteiger partial charge in [0.2, 0.25) is 0 Å². The van der Waals surface area contributed by atoms with E-state index in [4.69, 9.17) is 11.6 Å². The first-order chi connectivity index (χ1) is 8.54. The molecule has 0 saturated heterocycles. The lowest BCUT2D eigenvalue weighted by atomic mass is 10.2. The topological polar surface area (TPSA) is 3.24 Å². The molecule has 0 unspecified atom stereocenters. The summed E-state index contributed by atoms with van der Waals surface area (Å²) in [4.78, 5) is 3.39. The van der Waals surface area contributed by atoms with Crippen molar-refractivity contribution in [1.29, 1.82) is 0 Å². The van der Waals surface area contributed by atoms with Crippen LogP contribution in [0.25, 0.3) is 0 Å². The predicted molar refractivity (Wildman–Crippen MR) is 78.6 cm³/mol. The SMILES string of the molecule is CN(Cc1ccc(Cl)s1)Cc1ccc(F)cc1Br. The lowest BCUT2D eigenvalue weighted by Crippen LogP contribution is -2.16. The summed E-state index contributed by atoms with van der Waals surface area (Å²) in [7, 11) is 2.03. The van der Waals surface area contributed by atoms with Crippen LogP contribution in [-0.4, -0.2) is 11.9 Å². The van der Waals surface area contributed by atoms with E-state index in [-0.39, 0.29) is 5.82 Å². The van der Waals surface area contributed by atoms with Crippen LogP contribution in [0.3, 0.4) is 0 Å². The molecule has 0 atom stereocenters. The van der Waals surface area contributed by atoms with E-state index in [0.717, 1.165) is 27.5 Å². The lowest BCUT2D eigenvalue weighted by molar-refractivity contribution is 0.321. The summed E-state index contributed by atoms with van der Waals surface area (Å²) in [6.07, 6.45) is 0. The maximum Gasteiger partial charge on any atom is 0.124 e. The highest BCUT2D eigenvalue weighted by atomic mass is 79.9. The van der Waals surface area contributed by atoms with E-state index in [1.165, 1.54) is 17.0 Å². The molecule has 0 aliphatic heterocycles. The van der Waals surface area contributed by atoms with E-state index in [1.54, 1.807) is 17.4 Å². The zero-order valence-electron chi connectivity index (χ0n) is 9.79. The number of hydrogen-bond acceptors (Lipinski definition) is 2. The van der Waals surface area contributed by atoms with Crippen LogP contribution < -0.4 is 0 Å². The Labute approximate surface area is 123 Å². The van der Waals surface area contributed by atoms with Gasteiger partial charge in [-0.2, -0.15) is 0 Å². The van der Waals surface area contributed by atoms with Gasteiger partial charge in [-0.25, -0.2) is 4.39 Å². The van der Waals surface area contributed by atoms with Gasteiger partial charge >= 0.3 is 0 Å². The number of rotatable bonds is 4. The summed E-state index contributed by atoms with van der Waals surface area (Å²) in [5.41, 5.74) is 1.07. The molecule has 2 aromatic rings. The molecular formula is C13H12BrClFNS. The fraction of sp³-hybridized carbons (Fsp3) is 0.231. The molecule has 1 aromatic heterocycles. The Morgan fingerprint density at radius 2 is 2.06 bits per heavy atom. The standard InChI is InChI=1S/C13H12BrClFNS/c1-17(8-11-4-5-13(15)18-11)7-9-2-3-10(16)6-12(9)14/h2-6H,7-8H2,1H3. The Bertz CT molecular complexity index is 544. The Balaban J connectivity index is 2.00. The maximum atomic E-state index is 13.0. The van der Waals surface area contributed by atoms with Crippen LogP contribution >= 0.6 is 38.9 Å². The quantitative estimate of drug-likeness (QED) is 0.757. The molecule has 0 aliphatic rings. The summed E-state index contributed by atoms with van der Waals surface area (Å²) >= 11 is 10.9. The van der Waals surface area contributed by atoms with Crippen molar-refractivity contribution in [2.75, 3.05) is 7.05 Å². The van der Waals surface area contributed by atoms with Crippen molar-refractivity contribution in [3.05, 3.63) is 55.4 Å². The van der Waals surface area contributed by atoms with E-state index < -0.39 is 0 Å². The molecule has 18 heavy (non-hydrogen) atoms. The van der Waals surface area contributed by atoms with E-state index in [2.05, 4.69) is 20.8 Å². The van der Waals surface area contributed by atoms with Crippen molar-refractivity contribution < 1.29 is 4.39 Å². The zero-order chi connectivity index (χ0) is 13.1. The van der Waals surface area contributed by atoms with Gasteiger partial charge in [0.05, 0.1) is 4.34 Å². The number of benzene rings is 1. The van der Waals surface area contributed by atoms with Gasteiger partial charge in [-0.1, -0.05) is 33.6 Å². The van der Waals surface area contributed by atoms with Gasteiger partial charge in [0.1, 0.15) is 5.82 Å². The van der Waals surface area contributed by atoms with Gasteiger partial charge in [-0.3, -0.25) is 4.90 Å². The third kappa shape index (κ3) is 3.79. The van der Waals surface area contributed by atoms with Crippen molar-refractivity contribution in [3.8, 4) is 0 Å². The summed E-state index contributed by atoms with van der Waals surface area (Å²) in [6.45, 7) is 1.59. The van der Waals surface area contributed by atoms with Crippen LogP contribution in [0, 0.1) is 5.82 Å². The summed E-state index contributed by atoms with van der Waals surface area (Å²) < 4.78 is 14.6. The molecule has 0 radical (unpaired) electrons. The number of thiophene rings is 1. The molecule has 0 aliphatic carbocycles. The van der Waals surface area contributed by atoms with Crippen molar-refractivity contribution in [3.63, 3.8) is 0 Å². The Kier molecular flexibility index (Phi) is 4.78. The molecule has 0 fully saturated rings. The molecule has 96 valence electrons. The van der Waals surface area contributed by atoms with E-state index in [0.29, 0.717) is 0 Å². The second kappa shape index (κ2) is 6.15. The monoisotopic (exact) mass is 347 g/mol. The first kappa shape index (κ1) is 14.0. The fourth-order valence-corrected chi connectivity index (χ4v) is 3.34. The van der Waals surface area contributed by atoms with Crippen LogP contribution in [0.15, 0.2) is 34.8 Å². The van der Waals surface area contributed by atoms with Crippen molar-refractivity contribution in [2.24, 2.45) is 0 Å². The van der Waals surface area contributed by atoms with Gasteiger partial charge in [0.15, 0.2) is 0 Å². The second-order valence-electron chi connectivity index (χ2n) is 4.11. The van der Waals surface area contributed by atoms with E-state index in [1.807, 2.05) is 19.2 Å².